The van der Waals surface area contributed by atoms with Crippen LogP contribution in [0.25, 0.3) is 0 Å². The van der Waals surface area contributed by atoms with E-state index in [1.165, 1.54) is 25.7 Å². The van der Waals surface area contributed by atoms with Crippen LogP contribution in [0, 0.1) is 11.8 Å². The fraction of sp³-hybridized carbons (Fsp3) is 1.00. The Hall–Kier alpha value is -0.120. The zero-order valence-electron chi connectivity index (χ0n) is 9.95. The second-order valence-corrected chi connectivity index (χ2v) is 5.39. The number of rotatable bonds is 1. The Kier molecular flexibility index (Phi) is 3.18. The normalized spacial score (nSPS) is 32.2. The Balaban J connectivity index is 1.53. The van der Waals surface area contributed by atoms with Gasteiger partial charge in [-0.3, -0.25) is 0 Å². The average molecular weight is 226 g/mol. The summed E-state index contributed by atoms with van der Waals surface area (Å²) in [6.07, 6.45) is 7.30. The molecule has 0 unspecified atom stereocenters. The fourth-order valence-electron chi connectivity index (χ4n) is 3.52. The lowest BCUT2D eigenvalue weighted by Crippen LogP contribution is -2.37. The summed E-state index contributed by atoms with van der Waals surface area (Å²) < 4.78 is 17.0. The van der Waals surface area contributed by atoms with Crippen LogP contribution < -0.4 is 0 Å². The van der Waals surface area contributed by atoms with Gasteiger partial charge in [0, 0.05) is 26.1 Å². The van der Waals surface area contributed by atoms with Crippen molar-refractivity contribution in [3.05, 3.63) is 0 Å². The summed E-state index contributed by atoms with van der Waals surface area (Å²) in [5.74, 6) is 1.61. The molecule has 2 saturated heterocycles. The van der Waals surface area contributed by atoms with E-state index in [0.29, 0.717) is 0 Å². The minimum atomic E-state index is -0.179. The van der Waals surface area contributed by atoms with E-state index in [4.69, 9.17) is 14.2 Å². The maximum atomic E-state index is 5.77. The lowest BCUT2D eigenvalue weighted by Gasteiger charge is -2.39. The van der Waals surface area contributed by atoms with Crippen LogP contribution in [-0.2, 0) is 14.2 Å². The van der Waals surface area contributed by atoms with Crippen molar-refractivity contribution in [1.82, 2.24) is 0 Å². The predicted molar refractivity (Wildman–Crippen MR) is 60.1 cm³/mol. The summed E-state index contributed by atoms with van der Waals surface area (Å²) >= 11 is 0. The maximum absolute atomic E-state index is 5.77. The third kappa shape index (κ3) is 2.13. The van der Waals surface area contributed by atoms with E-state index in [2.05, 4.69) is 0 Å². The highest BCUT2D eigenvalue weighted by Gasteiger charge is 2.41. The smallest absolute Gasteiger partial charge is 0.168 e. The minimum absolute atomic E-state index is 0.179. The van der Waals surface area contributed by atoms with Gasteiger partial charge in [0.2, 0.25) is 0 Å². The van der Waals surface area contributed by atoms with Gasteiger partial charge in [-0.2, -0.15) is 0 Å². The summed E-state index contributed by atoms with van der Waals surface area (Å²) in [6.45, 7) is 3.53. The summed E-state index contributed by atoms with van der Waals surface area (Å²) in [4.78, 5) is 0. The SMILES string of the molecule is C1CC(C2CCC3(CC2)OCCO3)CCO1. The number of hydrogen-bond donors (Lipinski definition) is 0. The van der Waals surface area contributed by atoms with Gasteiger partial charge in [-0.25, -0.2) is 0 Å². The molecule has 92 valence electrons. The van der Waals surface area contributed by atoms with E-state index in [9.17, 15) is 0 Å². The second-order valence-electron chi connectivity index (χ2n) is 5.39. The molecule has 0 aromatic heterocycles. The van der Waals surface area contributed by atoms with E-state index in [-0.39, 0.29) is 5.79 Å². The molecular weight excluding hydrogens is 204 g/mol. The number of hydrogen-bond acceptors (Lipinski definition) is 3. The lowest BCUT2D eigenvalue weighted by molar-refractivity contribution is -0.186. The van der Waals surface area contributed by atoms with Gasteiger partial charge in [0.1, 0.15) is 0 Å². The molecule has 3 heteroatoms. The summed E-state index contributed by atoms with van der Waals surface area (Å²) in [5, 5.41) is 0. The molecule has 3 rings (SSSR count). The van der Waals surface area contributed by atoms with Crippen LogP contribution in [0.4, 0.5) is 0 Å². The zero-order valence-corrected chi connectivity index (χ0v) is 9.95. The first kappa shape index (κ1) is 11.0. The van der Waals surface area contributed by atoms with Crippen molar-refractivity contribution < 1.29 is 14.2 Å². The largest absolute Gasteiger partial charge is 0.381 e. The maximum Gasteiger partial charge on any atom is 0.168 e. The van der Waals surface area contributed by atoms with Crippen molar-refractivity contribution in [2.24, 2.45) is 11.8 Å². The minimum Gasteiger partial charge on any atom is -0.381 e. The van der Waals surface area contributed by atoms with Crippen LogP contribution in [-0.4, -0.2) is 32.2 Å². The molecule has 1 saturated carbocycles. The first-order chi connectivity index (χ1) is 7.88. The van der Waals surface area contributed by atoms with Crippen molar-refractivity contribution in [1.29, 1.82) is 0 Å². The van der Waals surface area contributed by atoms with E-state index < -0.39 is 0 Å². The second kappa shape index (κ2) is 4.63. The topological polar surface area (TPSA) is 27.7 Å². The molecule has 2 heterocycles. The highest BCUT2D eigenvalue weighted by Crippen LogP contribution is 2.42. The van der Waals surface area contributed by atoms with Gasteiger partial charge in [-0.15, -0.1) is 0 Å². The Morgan fingerprint density at radius 3 is 1.88 bits per heavy atom. The van der Waals surface area contributed by atoms with E-state index >= 15 is 0 Å². The molecule has 0 bridgehead atoms. The molecule has 0 aromatic carbocycles. The van der Waals surface area contributed by atoms with E-state index in [1.807, 2.05) is 0 Å². The third-order valence-corrected chi connectivity index (χ3v) is 4.54. The van der Waals surface area contributed by atoms with Gasteiger partial charge in [-0.1, -0.05) is 0 Å². The van der Waals surface area contributed by atoms with Gasteiger partial charge in [0.15, 0.2) is 5.79 Å². The average Bonchev–Trinajstić information content (AvgIpc) is 2.80. The van der Waals surface area contributed by atoms with Gasteiger partial charge < -0.3 is 14.2 Å². The molecule has 2 aliphatic heterocycles. The molecule has 16 heavy (non-hydrogen) atoms. The van der Waals surface area contributed by atoms with Crippen LogP contribution in [0.2, 0.25) is 0 Å². The third-order valence-electron chi connectivity index (χ3n) is 4.54. The van der Waals surface area contributed by atoms with Crippen LogP contribution >= 0.6 is 0 Å². The van der Waals surface area contributed by atoms with Crippen LogP contribution in [0.15, 0.2) is 0 Å². The first-order valence-electron chi connectivity index (χ1n) is 6.74. The molecule has 3 aliphatic rings. The van der Waals surface area contributed by atoms with Crippen LogP contribution in [0.1, 0.15) is 38.5 Å². The van der Waals surface area contributed by atoms with Crippen molar-refractivity contribution in [2.75, 3.05) is 26.4 Å². The Labute approximate surface area is 97.4 Å². The molecule has 0 N–H and O–H groups in total. The highest BCUT2D eigenvalue weighted by molar-refractivity contribution is 4.85. The Morgan fingerprint density at radius 1 is 0.688 bits per heavy atom. The molecule has 0 amide bonds. The molecule has 1 spiro atoms. The quantitative estimate of drug-likeness (QED) is 0.687. The van der Waals surface area contributed by atoms with Gasteiger partial charge in [0.25, 0.3) is 0 Å². The molecule has 3 fully saturated rings. The fourth-order valence-corrected chi connectivity index (χ4v) is 3.52. The van der Waals surface area contributed by atoms with Crippen LogP contribution in [0.3, 0.4) is 0 Å². The molecule has 1 aliphatic carbocycles. The number of ether oxygens (including phenoxy) is 3. The summed E-state index contributed by atoms with van der Waals surface area (Å²) in [7, 11) is 0. The molecule has 0 atom stereocenters. The molecular formula is C13H22O3. The monoisotopic (exact) mass is 226 g/mol. The van der Waals surface area contributed by atoms with Crippen LogP contribution in [0.5, 0.6) is 0 Å². The molecule has 0 aromatic rings. The van der Waals surface area contributed by atoms with E-state index in [1.54, 1.807) is 0 Å². The highest BCUT2D eigenvalue weighted by atomic mass is 16.7. The standard InChI is InChI=1S/C13H22O3/c1-5-13(15-9-10-16-13)6-2-11(1)12-3-7-14-8-4-12/h11-12H,1-10H2. The summed E-state index contributed by atoms with van der Waals surface area (Å²) in [5.41, 5.74) is 0. The van der Waals surface area contributed by atoms with Crippen molar-refractivity contribution >= 4 is 0 Å². The van der Waals surface area contributed by atoms with E-state index in [0.717, 1.165) is 51.1 Å². The van der Waals surface area contributed by atoms with Gasteiger partial charge >= 0.3 is 0 Å². The zero-order chi connectivity index (χ0) is 10.8. The molecule has 3 nitrogen and oxygen atoms in total. The van der Waals surface area contributed by atoms with Gasteiger partial charge in [0.05, 0.1) is 13.2 Å². The molecule has 0 radical (unpaired) electrons. The lowest BCUT2D eigenvalue weighted by atomic mass is 9.75. The van der Waals surface area contributed by atoms with Crippen molar-refractivity contribution in [2.45, 2.75) is 44.3 Å². The Morgan fingerprint density at radius 2 is 1.25 bits per heavy atom. The summed E-state index contributed by atoms with van der Waals surface area (Å²) in [6, 6.07) is 0. The van der Waals surface area contributed by atoms with Crippen molar-refractivity contribution in [3.63, 3.8) is 0 Å². The van der Waals surface area contributed by atoms with Crippen molar-refractivity contribution in [3.8, 4) is 0 Å². The first-order valence-corrected chi connectivity index (χ1v) is 6.74. The predicted octanol–water partition coefficient (Wildman–Crippen LogP) is 2.35. The Bertz CT molecular complexity index is 219. The van der Waals surface area contributed by atoms with Gasteiger partial charge in [-0.05, 0) is 37.5 Å².